The minimum atomic E-state index is 0.646. The van der Waals surface area contributed by atoms with Crippen LogP contribution in [0.2, 0.25) is 0 Å². The first-order valence-corrected chi connectivity index (χ1v) is 46.7. The lowest BCUT2D eigenvalue weighted by atomic mass is 10.00. The molecule has 27 aromatic rings. The summed E-state index contributed by atoms with van der Waals surface area (Å²) in [6, 6.07) is 161. The van der Waals surface area contributed by atoms with Crippen molar-refractivity contribution in [3.05, 3.63) is 455 Å². The molecule has 0 saturated heterocycles. The van der Waals surface area contributed by atoms with Crippen LogP contribution in [0.3, 0.4) is 0 Å². The van der Waals surface area contributed by atoms with Crippen molar-refractivity contribution in [2.45, 2.75) is 0 Å². The molecule has 0 aliphatic carbocycles. The van der Waals surface area contributed by atoms with Gasteiger partial charge in [-0.2, -0.15) is 0 Å². The molecule has 9 nitrogen and oxygen atoms in total. The zero-order valence-electron chi connectivity index (χ0n) is 71.1. The van der Waals surface area contributed by atoms with Gasteiger partial charge in [0.05, 0.1) is 55.9 Å². The SMILES string of the molecule is c1ccc(-c2cc(-c3ccccc3)nc(-c3cccc(-n4c5ccccc5c5c6sc7ccccc7c6ccc54)c3)c2)cc1.c1ccc(-c2cc(-c3ccccc3)nc(-c3cccc(-n4c5ccccc5c5c6sc7ccccc7c6ccc54)c3)n2)cc1.c1ccc(-c2nc(-c3ccccc3)nc(-c3cccc(-n4c5ccccc5c5c6sc7ccccc7c6ccc54)c3)n2)cc1. The maximum Gasteiger partial charge on any atom is 0.164 e. The van der Waals surface area contributed by atoms with Crippen molar-refractivity contribution in [2.75, 3.05) is 0 Å². The number of benzene rings is 18. The standard InChI is InChI=1S/C41H26N2S.C40H25N3S.C39H24N4S/c1-3-12-27(13-4-1)30-25-35(28-14-5-2-6-15-28)42-36(26-30)29-16-11-17-31(24-29)43-37-20-9-7-19-34(37)40-38(43)23-22-33-32-18-8-10-21-39(32)44-41(33)40;1-3-12-26(13-4-1)33-25-34(27-14-5-2-6-15-27)42-40(41-33)28-16-11-17-29(24-28)43-35-20-9-7-19-32(35)38-36(43)23-22-31-30-18-8-10-21-37(30)44-39(31)38;1-3-12-25(13-4-1)37-40-38(26-14-5-2-6-15-26)42-39(41-37)27-16-11-17-28(24-27)43-32-20-9-7-19-31(32)35-33(43)23-22-30-29-18-8-10-21-34(29)44-36(30)35/h1-26H;1-25H;1-24H. The second-order valence-corrected chi connectivity index (χ2v) is 36.3. The summed E-state index contributed by atoms with van der Waals surface area (Å²) in [6.07, 6.45) is 0. The lowest BCUT2D eigenvalue weighted by Gasteiger charge is -2.13. The van der Waals surface area contributed by atoms with Crippen LogP contribution in [0.5, 0.6) is 0 Å². The summed E-state index contributed by atoms with van der Waals surface area (Å²) in [6.45, 7) is 0. The van der Waals surface area contributed by atoms with E-state index in [1.807, 2.05) is 113 Å². The molecule has 0 spiro atoms. The number of nitrogens with zero attached hydrogens (tertiary/aromatic N) is 9. The Hall–Kier alpha value is -16.7. The van der Waals surface area contributed by atoms with Crippen LogP contribution in [0.1, 0.15) is 0 Å². The predicted octanol–water partition coefficient (Wildman–Crippen LogP) is 32.8. The molecule has 0 fully saturated rings. The van der Waals surface area contributed by atoms with E-state index < -0.39 is 0 Å². The summed E-state index contributed by atoms with van der Waals surface area (Å²) >= 11 is 5.64. The number of aromatic nitrogens is 9. The lowest BCUT2D eigenvalue weighted by Crippen LogP contribution is -2.01. The number of rotatable bonds is 12. The zero-order chi connectivity index (χ0) is 87.1. The zero-order valence-corrected chi connectivity index (χ0v) is 73.5. The first-order chi connectivity index (χ1) is 65.4. The lowest BCUT2D eigenvalue weighted by molar-refractivity contribution is 1.07. The molecule has 0 atom stereocenters. The third-order valence-corrected chi connectivity index (χ3v) is 28.8. The van der Waals surface area contributed by atoms with E-state index in [1.54, 1.807) is 0 Å². The Bertz CT molecular complexity index is 8140. The minimum absolute atomic E-state index is 0.646. The summed E-state index contributed by atoms with van der Waals surface area (Å²) in [5.41, 5.74) is 24.7. The van der Waals surface area contributed by atoms with Crippen LogP contribution in [-0.2, 0) is 0 Å². The van der Waals surface area contributed by atoms with Crippen LogP contribution in [-0.4, -0.2) is 43.6 Å². The van der Waals surface area contributed by atoms with E-state index in [-0.39, 0.29) is 0 Å². The Labute approximate surface area is 771 Å². The first kappa shape index (κ1) is 77.6. The van der Waals surface area contributed by atoms with Gasteiger partial charge in [-0.25, -0.2) is 29.9 Å². The highest BCUT2D eigenvalue weighted by Crippen LogP contribution is 2.49. The largest absolute Gasteiger partial charge is 0.309 e. The highest BCUT2D eigenvalue weighted by molar-refractivity contribution is 7.27. The van der Waals surface area contributed by atoms with Gasteiger partial charge in [0, 0.05) is 154 Å². The van der Waals surface area contributed by atoms with Gasteiger partial charge in [0.25, 0.3) is 0 Å². The summed E-state index contributed by atoms with van der Waals surface area (Å²) in [4.78, 5) is 30.2. The predicted molar refractivity (Wildman–Crippen MR) is 557 cm³/mol. The monoisotopic (exact) mass is 1740 g/mol. The second-order valence-electron chi connectivity index (χ2n) is 33.1. The summed E-state index contributed by atoms with van der Waals surface area (Å²) in [5.74, 6) is 2.67. The van der Waals surface area contributed by atoms with Crippen molar-refractivity contribution in [2.24, 2.45) is 0 Å². The Morgan fingerprint density at radius 1 is 0.152 bits per heavy atom. The molecule has 0 bridgehead atoms. The number of pyridine rings is 1. The molecule has 0 aliphatic heterocycles. The molecule has 618 valence electrons. The Morgan fingerprint density at radius 2 is 0.417 bits per heavy atom. The highest BCUT2D eigenvalue weighted by Gasteiger charge is 2.25. The average Bonchev–Trinajstić information content (AvgIpc) is 1.57. The van der Waals surface area contributed by atoms with Crippen LogP contribution in [0.15, 0.2) is 455 Å². The van der Waals surface area contributed by atoms with Crippen molar-refractivity contribution in [1.29, 1.82) is 0 Å². The van der Waals surface area contributed by atoms with E-state index >= 15 is 0 Å². The van der Waals surface area contributed by atoms with Crippen LogP contribution in [0, 0.1) is 0 Å². The van der Waals surface area contributed by atoms with Crippen LogP contribution in [0.4, 0.5) is 0 Å². The van der Waals surface area contributed by atoms with Crippen LogP contribution < -0.4 is 0 Å². The number of para-hydroxylation sites is 3. The molecule has 0 unspecified atom stereocenters. The Balaban J connectivity index is 0.000000106. The van der Waals surface area contributed by atoms with Gasteiger partial charge >= 0.3 is 0 Å². The van der Waals surface area contributed by atoms with E-state index in [0.29, 0.717) is 23.3 Å². The van der Waals surface area contributed by atoms with Crippen molar-refractivity contribution >= 4 is 160 Å². The average molecular weight is 1740 g/mol. The van der Waals surface area contributed by atoms with E-state index in [1.165, 1.54) is 131 Å². The number of fused-ring (bicyclic) bond motifs is 21. The van der Waals surface area contributed by atoms with Crippen LogP contribution >= 0.6 is 34.0 Å². The fourth-order valence-corrected chi connectivity index (χ4v) is 22.9. The first-order valence-electron chi connectivity index (χ1n) is 44.3. The highest BCUT2D eigenvalue weighted by atomic mass is 32.1. The Kier molecular flexibility index (Phi) is 19.3. The summed E-state index contributed by atoms with van der Waals surface area (Å²) < 4.78 is 15.1. The molecular formula is C120H75N9S3. The van der Waals surface area contributed by atoms with Gasteiger partial charge in [-0.1, -0.05) is 346 Å². The van der Waals surface area contributed by atoms with Crippen molar-refractivity contribution < 1.29 is 0 Å². The summed E-state index contributed by atoms with van der Waals surface area (Å²) in [5, 5.41) is 15.6. The topological polar surface area (TPSA) is 92.1 Å². The molecular weight excluding hydrogens is 1660 g/mol. The van der Waals surface area contributed by atoms with Gasteiger partial charge in [0.15, 0.2) is 23.3 Å². The normalized spacial score (nSPS) is 11.6. The number of hydrogen-bond donors (Lipinski definition) is 0. The molecule has 0 aliphatic rings. The molecule has 132 heavy (non-hydrogen) atoms. The molecule has 12 heteroatoms. The van der Waals surface area contributed by atoms with Gasteiger partial charge in [-0.05, 0) is 120 Å². The third-order valence-electron chi connectivity index (χ3n) is 25.2. The maximum absolute atomic E-state index is 5.20. The quantitative estimate of drug-likeness (QED) is 0.121. The van der Waals surface area contributed by atoms with Crippen LogP contribution in [0.25, 0.3) is 245 Å². The number of hydrogen-bond acceptors (Lipinski definition) is 9. The van der Waals surface area contributed by atoms with E-state index in [9.17, 15) is 0 Å². The van der Waals surface area contributed by atoms with E-state index in [2.05, 4.69) is 390 Å². The molecule has 0 amide bonds. The molecule has 0 radical (unpaired) electrons. The van der Waals surface area contributed by atoms with Crippen molar-refractivity contribution in [3.63, 3.8) is 0 Å². The molecule has 9 aromatic heterocycles. The van der Waals surface area contributed by atoms with Crippen molar-refractivity contribution in [1.82, 2.24) is 43.6 Å². The van der Waals surface area contributed by atoms with Gasteiger partial charge < -0.3 is 13.7 Å². The Morgan fingerprint density at radius 3 is 0.780 bits per heavy atom. The molecule has 27 rings (SSSR count). The minimum Gasteiger partial charge on any atom is -0.309 e. The second kappa shape index (κ2) is 32.8. The fourth-order valence-electron chi connectivity index (χ4n) is 19.2. The van der Waals surface area contributed by atoms with Gasteiger partial charge in [-0.3, -0.25) is 0 Å². The fraction of sp³-hybridized carbons (Fsp3) is 0. The summed E-state index contributed by atoms with van der Waals surface area (Å²) in [7, 11) is 0. The molecule has 0 saturated carbocycles. The van der Waals surface area contributed by atoms with E-state index in [0.717, 1.165) is 89.9 Å². The maximum atomic E-state index is 5.20. The third kappa shape index (κ3) is 13.7. The van der Waals surface area contributed by atoms with Crippen molar-refractivity contribution in [3.8, 4) is 119 Å². The van der Waals surface area contributed by atoms with Gasteiger partial charge in [0.1, 0.15) is 0 Å². The van der Waals surface area contributed by atoms with E-state index in [4.69, 9.17) is 29.9 Å². The number of thiophene rings is 3. The molecule has 9 heterocycles. The molecule has 0 N–H and O–H groups in total. The molecule has 18 aromatic carbocycles. The van der Waals surface area contributed by atoms with Gasteiger partial charge in [-0.15, -0.1) is 34.0 Å². The smallest absolute Gasteiger partial charge is 0.164 e. The van der Waals surface area contributed by atoms with Gasteiger partial charge in [0.2, 0.25) is 0 Å².